The van der Waals surface area contributed by atoms with Gasteiger partial charge in [0.05, 0.1) is 11.4 Å². The summed E-state index contributed by atoms with van der Waals surface area (Å²) in [5, 5.41) is 7.43. The van der Waals surface area contributed by atoms with E-state index in [1.54, 1.807) is 6.20 Å². The molecular formula is C47H29N3S. The monoisotopic (exact) mass is 667 g/mol. The molecule has 3 heterocycles. The van der Waals surface area contributed by atoms with Gasteiger partial charge >= 0.3 is 0 Å². The maximum Gasteiger partial charge on any atom is 0.160 e. The van der Waals surface area contributed by atoms with Gasteiger partial charge in [0.15, 0.2) is 5.82 Å². The number of aromatic nitrogens is 3. The van der Waals surface area contributed by atoms with E-state index in [2.05, 4.69) is 163 Å². The molecule has 0 N–H and O–H groups in total. The van der Waals surface area contributed by atoms with E-state index >= 15 is 0 Å². The number of hydrogen-bond donors (Lipinski definition) is 0. The molecule has 0 unspecified atom stereocenters. The third kappa shape index (κ3) is 5.25. The van der Waals surface area contributed by atoms with Crippen molar-refractivity contribution in [2.45, 2.75) is 0 Å². The first-order valence-electron chi connectivity index (χ1n) is 17.1. The van der Waals surface area contributed by atoms with Crippen molar-refractivity contribution in [3.63, 3.8) is 0 Å². The van der Waals surface area contributed by atoms with Gasteiger partial charge in [-0.1, -0.05) is 127 Å². The second-order valence-electron chi connectivity index (χ2n) is 12.9. The minimum atomic E-state index is 0.691. The van der Waals surface area contributed by atoms with Gasteiger partial charge in [-0.15, -0.1) is 11.3 Å². The summed E-state index contributed by atoms with van der Waals surface area (Å²) in [6, 6.07) is 58.4. The average molecular weight is 668 g/mol. The summed E-state index contributed by atoms with van der Waals surface area (Å²) in [5.74, 6) is 0.691. The maximum absolute atomic E-state index is 5.25. The van der Waals surface area contributed by atoms with Crippen LogP contribution in [0.5, 0.6) is 0 Å². The lowest BCUT2D eigenvalue weighted by molar-refractivity contribution is 1.19. The molecule has 0 fully saturated rings. The molecule has 10 aromatic rings. The van der Waals surface area contributed by atoms with Gasteiger partial charge in [-0.05, 0) is 80.2 Å². The lowest BCUT2D eigenvalue weighted by atomic mass is 9.94. The van der Waals surface area contributed by atoms with Gasteiger partial charge in [-0.3, -0.25) is 4.98 Å². The molecule has 0 saturated heterocycles. The van der Waals surface area contributed by atoms with Crippen LogP contribution in [0.2, 0.25) is 0 Å². The van der Waals surface area contributed by atoms with Crippen LogP contribution in [0.25, 0.3) is 97.9 Å². The van der Waals surface area contributed by atoms with E-state index in [4.69, 9.17) is 9.97 Å². The molecule has 3 aromatic heterocycles. The largest absolute Gasteiger partial charge is 0.264 e. The van der Waals surface area contributed by atoms with Gasteiger partial charge in [-0.25, -0.2) is 9.97 Å². The number of benzene rings is 7. The maximum atomic E-state index is 5.25. The van der Waals surface area contributed by atoms with Gasteiger partial charge in [-0.2, -0.15) is 0 Å². The summed E-state index contributed by atoms with van der Waals surface area (Å²) in [5.41, 5.74) is 9.44. The smallest absolute Gasteiger partial charge is 0.160 e. The van der Waals surface area contributed by atoms with E-state index < -0.39 is 0 Å². The fraction of sp³-hybridized carbons (Fsp3) is 0. The normalized spacial score (nSPS) is 11.5. The van der Waals surface area contributed by atoms with Crippen molar-refractivity contribution in [3.05, 3.63) is 176 Å². The molecule has 10 rings (SSSR count). The van der Waals surface area contributed by atoms with E-state index in [0.717, 1.165) is 39.2 Å². The topological polar surface area (TPSA) is 38.7 Å². The molecule has 0 bridgehead atoms. The van der Waals surface area contributed by atoms with Crippen LogP contribution >= 0.6 is 11.3 Å². The van der Waals surface area contributed by atoms with Crippen molar-refractivity contribution >= 4 is 53.1 Å². The van der Waals surface area contributed by atoms with Gasteiger partial charge in [0, 0.05) is 49.3 Å². The quantitative estimate of drug-likeness (QED) is 0.171. The van der Waals surface area contributed by atoms with Crippen molar-refractivity contribution in [2.75, 3.05) is 0 Å². The predicted molar refractivity (Wildman–Crippen MR) is 215 cm³/mol. The first-order valence-corrected chi connectivity index (χ1v) is 17.9. The number of fused-ring (bicyclic) bond motifs is 6. The molecule has 238 valence electrons. The summed E-state index contributed by atoms with van der Waals surface area (Å²) in [6.45, 7) is 0. The molecule has 0 aliphatic carbocycles. The molecule has 7 aromatic carbocycles. The summed E-state index contributed by atoms with van der Waals surface area (Å²) >= 11 is 1.85. The molecule has 0 saturated carbocycles. The minimum absolute atomic E-state index is 0.691. The van der Waals surface area contributed by atoms with Crippen molar-refractivity contribution in [3.8, 4) is 56.2 Å². The molecule has 51 heavy (non-hydrogen) atoms. The Balaban J connectivity index is 1.11. The Labute approximate surface area is 299 Å². The Morgan fingerprint density at radius 1 is 0.373 bits per heavy atom. The molecule has 0 amide bonds. The SMILES string of the molecule is c1cncc(-c2ccc(-c3nc(-c4ccc(-c5ccc6sc7ccccc7c6c5)cc4)cc(-c4cc5ccccc5c5ccccc45)n3)cc2)c1. The molecule has 4 heteroatoms. The van der Waals surface area contributed by atoms with Crippen molar-refractivity contribution in [2.24, 2.45) is 0 Å². The molecule has 0 spiro atoms. The zero-order valence-corrected chi connectivity index (χ0v) is 28.3. The number of thiophene rings is 1. The highest BCUT2D eigenvalue weighted by Gasteiger charge is 2.15. The Kier molecular flexibility index (Phi) is 7.00. The first kappa shape index (κ1) is 29.4. The van der Waals surface area contributed by atoms with Crippen molar-refractivity contribution < 1.29 is 0 Å². The summed E-state index contributed by atoms with van der Waals surface area (Å²) in [6.07, 6.45) is 3.69. The zero-order valence-electron chi connectivity index (χ0n) is 27.5. The third-order valence-corrected chi connectivity index (χ3v) is 11.0. The van der Waals surface area contributed by atoms with E-state index in [-0.39, 0.29) is 0 Å². The Morgan fingerprint density at radius 2 is 1.00 bits per heavy atom. The summed E-state index contributed by atoms with van der Waals surface area (Å²) in [4.78, 5) is 14.7. The molecule has 0 atom stereocenters. The number of rotatable bonds is 5. The Hall–Kier alpha value is -6.49. The molecule has 3 nitrogen and oxygen atoms in total. The van der Waals surface area contributed by atoms with Crippen LogP contribution in [0, 0.1) is 0 Å². The van der Waals surface area contributed by atoms with Crippen LogP contribution in [0.1, 0.15) is 0 Å². The van der Waals surface area contributed by atoms with Crippen LogP contribution < -0.4 is 0 Å². The van der Waals surface area contributed by atoms with Gasteiger partial charge in [0.2, 0.25) is 0 Å². The summed E-state index contributed by atoms with van der Waals surface area (Å²) in [7, 11) is 0. The molecule has 0 radical (unpaired) electrons. The fourth-order valence-corrected chi connectivity index (χ4v) is 8.30. The van der Waals surface area contributed by atoms with Crippen molar-refractivity contribution in [1.29, 1.82) is 0 Å². The average Bonchev–Trinajstić information content (AvgIpc) is 3.59. The van der Waals surface area contributed by atoms with Crippen LogP contribution in [-0.2, 0) is 0 Å². The Bertz CT molecular complexity index is 2890. The number of pyridine rings is 1. The van der Waals surface area contributed by atoms with E-state index in [9.17, 15) is 0 Å². The first-order chi connectivity index (χ1) is 25.2. The minimum Gasteiger partial charge on any atom is -0.264 e. The number of nitrogens with zero attached hydrogens (tertiary/aromatic N) is 3. The fourth-order valence-electron chi connectivity index (χ4n) is 7.21. The predicted octanol–water partition coefficient (Wildman–Crippen LogP) is 12.9. The summed E-state index contributed by atoms with van der Waals surface area (Å²) < 4.78 is 2.63. The lowest BCUT2D eigenvalue weighted by Gasteiger charge is -2.14. The molecular weight excluding hydrogens is 639 g/mol. The second-order valence-corrected chi connectivity index (χ2v) is 13.9. The van der Waals surface area contributed by atoms with Gasteiger partial charge in [0.1, 0.15) is 0 Å². The van der Waals surface area contributed by atoms with E-state index in [0.29, 0.717) is 5.82 Å². The zero-order chi connectivity index (χ0) is 33.7. The van der Waals surface area contributed by atoms with Crippen LogP contribution in [0.15, 0.2) is 176 Å². The highest BCUT2D eigenvalue weighted by atomic mass is 32.1. The van der Waals surface area contributed by atoms with Crippen LogP contribution in [-0.4, -0.2) is 15.0 Å². The van der Waals surface area contributed by atoms with Gasteiger partial charge < -0.3 is 0 Å². The standard InChI is InChI=1S/C47H29N3S/c1-2-10-37-35(8-1)27-41(39-12-4-3-11-38(37)39)44-28-43(49-47(50-44)33-21-17-31(18-22-33)36-9-7-25-48-29-36)32-19-15-30(16-20-32)34-23-24-46-42(26-34)40-13-5-6-14-45(40)51-46/h1-29H. The van der Waals surface area contributed by atoms with Crippen molar-refractivity contribution in [1.82, 2.24) is 15.0 Å². The second kappa shape index (κ2) is 12.1. The third-order valence-electron chi connectivity index (χ3n) is 9.80. The van der Waals surface area contributed by atoms with Crippen LogP contribution in [0.3, 0.4) is 0 Å². The number of hydrogen-bond acceptors (Lipinski definition) is 4. The highest BCUT2D eigenvalue weighted by molar-refractivity contribution is 7.25. The molecule has 0 aliphatic rings. The van der Waals surface area contributed by atoms with Crippen LogP contribution in [0.4, 0.5) is 0 Å². The highest BCUT2D eigenvalue weighted by Crippen LogP contribution is 2.39. The Morgan fingerprint density at radius 3 is 1.80 bits per heavy atom. The van der Waals surface area contributed by atoms with E-state index in [1.165, 1.54) is 52.8 Å². The lowest BCUT2D eigenvalue weighted by Crippen LogP contribution is -1.97. The van der Waals surface area contributed by atoms with Gasteiger partial charge in [0.25, 0.3) is 0 Å². The van der Waals surface area contributed by atoms with E-state index in [1.807, 2.05) is 23.6 Å². The molecule has 0 aliphatic heterocycles.